The second kappa shape index (κ2) is 9.17. The first-order chi connectivity index (χ1) is 12.2. The van der Waals surface area contributed by atoms with Gasteiger partial charge in [-0.3, -0.25) is 0 Å². The van der Waals surface area contributed by atoms with Crippen LogP contribution in [-0.2, 0) is 17.8 Å². The van der Waals surface area contributed by atoms with Gasteiger partial charge in [-0.2, -0.15) is 0 Å². The van der Waals surface area contributed by atoms with Gasteiger partial charge in [0.2, 0.25) is 0 Å². The lowest BCUT2D eigenvalue weighted by Gasteiger charge is -2.03. The molecule has 0 atom stereocenters. The van der Waals surface area contributed by atoms with Gasteiger partial charge in [0.1, 0.15) is 17.3 Å². The Morgan fingerprint density at radius 2 is 1.69 bits per heavy atom. The highest BCUT2D eigenvalue weighted by Gasteiger charge is 2.08. The van der Waals surface area contributed by atoms with E-state index in [1.165, 1.54) is 19.2 Å². The van der Waals surface area contributed by atoms with Gasteiger partial charge in [0.05, 0.1) is 19.2 Å². The van der Waals surface area contributed by atoms with Crippen LogP contribution in [0.3, 0.4) is 0 Å². The van der Waals surface area contributed by atoms with E-state index in [0.29, 0.717) is 18.7 Å². The van der Waals surface area contributed by atoms with Crippen LogP contribution < -0.4 is 5.32 Å². The third-order valence-electron chi connectivity index (χ3n) is 3.79. The van der Waals surface area contributed by atoms with Crippen LogP contribution in [-0.4, -0.2) is 13.1 Å². The molecule has 3 aromatic rings. The third kappa shape index (κ3) is 4.94. The average Bonchev–Trinajstić information content (AvgIpc) is 3.12. The van der Waals surface area contributed by atoms with E-state index < -0.39 is 0 Å². The molecule has 0 amide bonds. The summed E-state index contributed by atoms with van der Waals surface area (Å²) in [5.41, 5.74) is 2.39. The van der Waals surface area contributed by atoms with Crippen LogP contribution >= 0.6 is 12.4 Å². The molecular weight excluding hydrogens is 357 g/mol. The molecule has 136 valence electrons. The highest BCUT2D eigenvalue weighted by molar-refractivity contribution is 5.89. The van der Waals surface area contributed by atoms with Gasteiger partial charge in [-0.25, -0.2) is 9.18 Å². The number of hydrogen-bond acceptors (Lipinski definition) is 4. The summed E-state index contributed by atoms with van der Waals surface area (Å²) < 4.78 is 23.4. The molecule has 1 heterocycles. The Hall–Kier alpha value is -2.63. The number of carbonyl (C=O) groups excluding carboxylic acids is 1. The molecule has 0 aliphatic heterocycles. The molecule has 2 aromatic carbocycles. The van der Waals surface area contributed by atoms with Crippen LogP contribution in [0.5, 0.6) is 0 Å². The van der Waals surface area contributed by atoms with Crippen molar-refractivity contribution in [3.8, 4) is 11.3 Å². The van der Waals surface area contributed by atoms with Crippen molar-refractivity contribution in [1.29, 1.82) is 0 Å². The van der Waals surface area contributed by atoms with Crippen LogP contribution in [0.1, 0.15) is 21.7 Å². The van der Waals surface area contributed by atoms with Gasteiger partial charge in [0.15, 0.2) is 0 Å². The van der Waals surface area contributed by atoms with Crippen molar-refractivity contribution in [1.82, 2.24) is 5.32 Å². The summed E-state index contributed by atoms with van der Waals surface area (Å²) in [5, 5.41) is 3.26. The van der Waals surface area contributed by atoms with Gasteiger partial charge in [0, 0.05) is 12.1 Å². The van der Waals surface area contributed by atoms with Crippen LogP contribution in [0.15, 0.2) is 65.1 Å². The second-order valence-electron chi connectivity index (χ2n) is 5.56. The molecule has 26 heavy (non-hydrogen) atoms. The van der Waals surface area contributed by atoms with Gasteiger partial charge in [-0.05, 0) is 42.0 Å². The van der Waals surface area contributed by atoms with E-state index >= 15 is 0 Å². The monoisotopic (exact) mass is 375 g/mol. The molecule has 0 radical (unpaired) electrons. The van der Waals surface area contributed by atoms with Crippen molar-refractivity contribution in [2.45, 2.75) is 13.1 Å². The number of hydrogen-bond donors (Lipinski definition) is 1. The molecule has 0 saturated carbocycles. The summed E-state index contributed by atoms with van der Waals surface area (Å²) in [6, 6.07) is 17.2. The van der Waals surface area contributed by atoms with Crippen LogP contribution in [0.25, 0.3) is 11.3 Å². The maximum Gasteiger partial charge on any atom is 0.337 e. The first-order valence-corrected chi connectivity index (χ1v) is 7.88. The largest absolute Gasteiger partial charge is 0.465 e. The fourth-order valence-corrected chi connectivity index (χ4v) is 2.45. The Bertz CT molecular complexity index is 844. The Morgan fingerprint density at radius 1 is 1.00 bits per heavy atom. The molecule has 3 rings (SSSR count). The van der Waals surface area contributed by atoms with Crippen molar-refractivity contribution >= 4 is 18.4 Å². The Morgan fingerprint density at radius 3 is 2.35 bits per heavy atom. The molecule has 1 N–H and O–H groups in total. The zero-order chi connectivity index (χ0) is 17.6. The summed E-state index contributed by atoms with van der Waals surface area (Å²) in [4.78, 5) is 11.4. The molecule has 0 unspecified atom stereocenters. The zero-order valence-corrected chi connectivity index (χ0v) is 15.0. The Labute approximate surface area is 157 Å². The Kier molecular flexibility index (Phi) is 6.95. The fourth-order valence-electron chi connectivity index (χ4n) is 2.45. The van der Waals surface area contributed by atoms with E-state index in [-0.39, 0.29) is 24.2 Å². The SMILES string of the molecule is COC(=O)c1ccc(-c2ccc(CNCc3ccc(F)cc3)o2)cc1.Cl. The predicted molar refractivity (Wildman–Crippen MR) is 99.7 cm³/mol. The molecule has 0 aliphatic rings. The first kappa shape index (κ1) is 19.7. The number of furan rings is 1. The molecule has 6 heteroatoms. The molecule has 0 aliphatic carbocycles. The third-order valence-corrected chi connectivity index (χ3v) is 3.79. The van der Waals surface area contributed by atoms with Gasteiger partial charge in [-0.1, -0.05) is 24.3 Å². The lowest BCUT2D eigenvalue weighted by Crippen LogP contribution is -2.11. The summed E-state index contributed by atoms with van der Waals surface area (Å²) in [5.74, 6) is 0.929. The molecule has 0 fully saturated rings. The number of nitrogens with one attached hydrogen (secondary N) is 1. The molecule has 0 saturated heterocycles. The van der Waals surface area contributed by atoms with Crippen LogP contribution in [0.4, 0.5) is 4.39 Å². The number of methoxy groups -OCH3 is 1. The summed E-state index contributed by atoms with van der Waals surface area (Å²) in [6.45, 7) is 1.20. The van der Waals surface area contributed by atoms with Crippen molar-refractivity contribution in [3.63, 3.8) is 0 Å². The van der Waals surface area contributed by atoms with Crippen LogP contribution in [0.2, 0.25) is 0 Å². The summed E-state index contributed by atoms with van der Waals surface area (Å²) in [7, 11) is 1.36. The Balaban J connectivity index is 0.00000243. The van der Waals surface area contributed by atoms with E-state index in [1.807, 2.05) is 24.3 Å². The lowest BCUT2D eigenvalue weighted by atomic mass is 10.1. The minimum Gasteiger partial charge on any atom is -0.465 e. The fraction of sp³-hybridized carbons (Fsp3) is 0.150. The number of carbonyl (C=O) groups is 1. The van der Waals surface area contributed by atoms with Gasteiger partial charge >= 0.3 is 5.97 Å². The van der Waals surface area contributed by atoms with Crippen molar-refractivity contribution < 1.29 is 18.3 Å². The summed E-state index contributed by atoms with van der Waals surface area (Å²) in [6.07, 6.45) is 0. The molecule has 0 bridgehead atoms. The van der Waals surface area contributed by atoms with E-state index in [9.17, 15) is 9.18 Å². The van der Waals surface area contributed by atoms with Gasteiger partial charge in [-0.15, -0.1) is 12.4 Å². The standard InChI is InChI=1S/C20H18FNO3.ClH/c1-24-20(23)16-6-4-15(5-7-16)19-11-10-18(25-19)13-22-12-14-2-8-17(21)9-3-14;/h2-11,22H,12-13H2,1H3;1H. The predicted octanol–water partition coefficient (Wildman–Crippen LogP) is 4.58. The minimum absolute atomic E-state index is 0. The molecule has 1 aromatic heterocycles. The topological polar surface area (TPSA) is 51.5 Å². The second-order valence-corrected chi connectivity index (χ2v) is 5.56. The van der Waals surface area contributed by atoms with Gasteiger partial charge in [0.25, 0.3) is 0 Å². The minimum atomic E-state index is -0.364. The quantitative estimate of drug-likeness (QED) is 0.640. The van der Waals surface area contributed by atoms with Crippen molar-refractivity contribution in [2.75, 3.05) is 7.11 Å². The zero-order valence-electron chi connectivity index (χ0n) is 14.2. The number of esters is 1. The van der Waals surface area contributed by atoms with E-state index in [2.05, 4.69) is 10.1 Å². The lowest BCUT2D eigenvalue weighted by molar-refractivity contribution is 0.0600. The summed E-state index contributed by atoms with van der Waals surface area (Å²) >= 11 is 0. The first-order valence-electron chi connectivity index (χ1n) is 7.88. The number of ether oxygens (including phenoxy) is 1. The maximum absolute atomic E-state index is 12.9. The molecule has 4 nitrogen and oxygen atoms in total. The average molecular weight is 376 g/mol. The van der Waals surface area contributed by atoms with Crippen molar-refractivity contribution in [3.05, 3.63) is 83.4 Å². The van der Waals surface area contributed by atoms with E-state index in [1.54, 1.807) is 24.3 Å². The highest BCUT2D eigenvalue weighted by atomic mass is 35.5. The number of rotatable bonds is 6. The van der Waals surface area contributed by atoms with E-state index in [0.717, 1.165) is 22.6 Å². The maximum atomic E-state index is 12.9. The molecule has 0 spiro atoms. The highest BCUT2D eigenvalue weighted by Crippen LogP contribution is 2.23. The number of halogens is 2. The molecular formula is C20H19ClFNO3. The smallest absolute Gasteiger partial charge is 0.337 e. The van der Waals surface area contributed by atoms with Gasteiger partial charge < -0.3 is 14.5 Å². The van der Waals surface area contributed by atoms with E-state index in [4.69, 9.17) is 4.42 Å². The van der Waals surface area contributed by atoms with Crippen molar-refractivity contribution in [2.24, 2.45) is 0 Å². The van der Waals surface area contributed by atoms with Crippen LogP contribution in [0, 0.1) is 5.82 Å². The number of benzene rings is 2. The normalized spacial score (nSPS) is 10.2.